The molecule has 0 fully saturated rings. The van der Waals surface area contributed by atoms with Gasteiger partial charge in [-0.15, -0.1) is 0 Å². The lowest BCUT2D eigenvalue weighted by molar-refractivity contribution is 0.388. The van der Waals surface area contributed by atoms with Crippen molar-refractivity contribution in [3.8, 4) is 0 Å². The minimum absolute atomic E-state index is 0.778. The van der Waals surface area contributed by atoms with Gasteiger partial charge in [-0.1, -0.05) is 12.1 Å². The van der Waals surface area contributed by atoms with Gasteiger partial charge in [-0.05, 0) is 31.0 Å². The zero-order chi connectivity index (χ0) is 7.56. The van der Waals surface area contributed by atoms with Gasteiger partial charge in [0, 0.05) is 0 Å². The summed E-state index contributed by atoms with van der Waals surface area (Å²) in [5.41, 5.74) is 5.18. The van der Waals surface area contributed by atoms with Gasteiger partial charge in [0.1, 0.15) is 0 Å². The maximum atomic E-state index is 8.59. The van der Waals surface area contributed by atoms with Crippen molar-refractivity contribution in [3.05, 3.63) is 29.3 Å². The molecule has 0 spiro atoms. The molecule has 0 aliphatic rings. The second-order valence-electron chi connectivity index (χ2n) is 2.36. The Hall–Kier alpha value is -1.02. The lowest BCUT2D eigenvalue weighted by Gasteiger charge is -2.04. The SMILES string of the molecule is Cc1cccc(NO)c1C. The predicted octanol–water partition coefficient (Wildman–Crippen LogP) is 2.10. The first kappa shape index (κ1) is 7.09. The lowest BCUT2D eigenvalue weighted by atomic mass is 10.1. The highest BCUT2D eigenvalue weighted by Crippen LogP contribution is 2.16. The van der Waals surface area contributed by atoms with E-state index in [4.69, 9.17) is 5.21 Å². The summed E-state index contributed by atoms with van der Waals surface area (Å²) in [6.45, 7) is 3.98. The quantitative estimate of drug-likeness (QED) is 0.581. The summed E-state index contributed by atoms with van der Waals surface area (Å²) in [5.74, 6) is 0. The van der Waals surface area contributed by atoms with Crippen LogP contribution in [0.4, 0.5) is 5.69 Å². The molecule has 10 heavy (non-hydrogen) atoms. The van der Waals surface area contributed by atoms with Gasteiger partial charge in [0.2, 0.25) is 0 Å². The van der Waals surface area contributed by atoms with Crippen molar-refractivity contribution in [1.82, 2.24) is 0 Å². The van der Waals surface area contributed by atoms with Crippen molar-refractivity contribution in [1.29, 1.82) is 0 Å². The van der Waals surface area contributed by atoms with Crippen LogP contribution in [0.5, 0.6) is 0 Å². The topological polar surface area (TPSA) is 32.3 Å². The molecule has 0 amide bonds. The maximum absolute atomic E-state index is 8.59. The largest absolute Gasteiger partial charge is 0.291 e. The van der Waals surface area contributed by atoms with Crippen molar-refractivity contribution in [2.24, 2.45) is 0 Å². The number of nitrogens with one attached hydrogen (secondary N) is 1. The third-order valence-electron chi connectivity index (χ3n) is 1.73. The van der Waals surface area contributed by atoms with Crippen LogP contribution >= 0.6 is 0 Å². The van der Waals surface area contributed by atoms with E-state index in [9.17, 15) is 0 Å². The van der Waals surface area contributed by atoms with Crippen LogP contribution in [-0.4, -0.2) is 5.21 Å². The Labute approximate surface area is 60.5 Å². The Balaban J connectivity index is 3.14. The molecule has 1 rings (SSSR count). The van der Waals surface area contributed by atoms with Crippen LogP contribution in [0.2, 0.25) is 0 Å². The fraction of sp³-hybridized carbons (Fsp3) is 0.250. The van der Waals surface area contributed by atoms with E-state index in [2.05, 4.69) is 5.48 Å². The molecule has 0 bridgehead atoms. The zero-order valence-corrected chi connectivity index (χ0v) is 6.18. The molecule has 2 N–H and O–H groups in total. The Bertz CT molecular complexity index is 233. The molecule has 0 aromatic heterocycles. The number of rotatable bonds is 1. The standard InChI is InChI=1S/C8H11NO/c1-6-4-3-5-8(9-10)7(6)2/h3-5,9-10H,1-2H3. The van der Waals surface area contributed by atoms with E-state index in [1.165, 1.54) is 5.56 Å². The maximum Gasteiger partial charge on any atom is 0.0633 e. The average Bonchev–Trinajstić information content (AvgIpc) is 1.95. The lowest BCUT2D eigenvalue weighted by Crippen LogP contribution is -1.93. The molecule has 0 aliphatic heterocycles. The molecule has 1 aromatic carbocycles. The molecule has 2 heteroatoms. The molecular weight excluding hydrogens is 126 g/mol. The van der Waals surface area contributed by atoms with Gasteiger partial charge in [0.25, 0.3) is 0 Å². The van der Waals surface area contributed by atoms with Crippen LogP contribution in [0.3, 0.4) is 0 Å². The Morgan fingerprint density at radius 2 is 2.00 bits per heavy atom. The van der Waals surface area contributed by atoms with Gasteiger partial charge >= 0.3 is 0 Å². The molecule has 54 valence electrons. The molecule has 2 nitrogen and oxygen atoms in total. The molecular formula is C8H11NO. The summed E-state index contributed by atoms with van der Waals surface area (Å²) >= 11 is 0. The monoisotopic (exact) mass is 137 g/mol. The summed E-state index contributed by atoms with van der Waals surface area (Å²) in [7, 11) is 0. The van der Waals surface area contributed by atoms with Crippen molar-refractivity contribution >= 4 is 5.69 Å². The van der Waals surface area contributed by atoms with Crippen molar-refractivity contribution < 1.29 is 5.21 Å². The van der Waals surface area contributed by atoms with Gasteiger partial charge in [0.15, 0.2) is 0 Å². The second-order valence-corrected chi connectivity index (χ2v) is 2.36. The van der Waals surface area contributed by atoms with Crippen molar-refractivity contribution in [3.63, 3.8) is 0 Å². The number of benzene rings is 1. The van der Waals surface area contributed by atoms with Crippen molar-refractivity contribution in [2.75, 3.05) is 5.48 Å². The summed E-state index contributed by atoms with van der Waals surface area (Å²) in [6.07, 6.45) is 0. The van der Waals surface area contributed by atoms with E-state index >= 15 is 0 Å². The van der Waals surface area contributed by atoms with Gasteiger partial charge in [0.05, 0.1) is 5.69 Å². The molecule has 1 aromatic rings. The molecule has 0 atom stereocenters. The highest BCUT2D eigenvalue weighted by atomic mass is 16.5. The summed E-state index contributed by atoms with van der Waals surface area (Å²) in [4.78, 5) is 0. The first-order chi connectivity index (χ1) is 4.75. The second kappa shape index (κ2) is 2.71. The van der Waals surface area contributed by atoms with Crippen molar-refractivity contribution in [2.45, 2.75) is 13.8 Å². The Kier molecular flexibility index (Phi) is 1.92. The fourth-order valence-corrected chi connectivity index (χ4v) is 0.872. The van der Waals surface area contributed by atoms with Crippen LogP contribution in [0.1, 0.15) is 11.1 Å². The molecule has 0 saturated carbocycles. The molecule has 0 aliphatic carbocycles. The van der Waals surface area contributed by atoms with Crippen LogP contribution < -0.4 is 5.48 Å². The molecule has 0 heterocycles. The number of hydrogen-bond acceptors (Lipinski definition) is 2. The normalized spacial score (nSPS) is 9.50. The third-order valence-corrected chi connectivity index (χ3v) is 1.73. The predicted molar refractivity (Wildman–Crippen MR) is 41.3 cm³/mol. The summed E-state index contributed by atoms with van der Waals surface area (Å²) < 4.78 is 0. The van der Waals surface area contributed by atoms with Crippen LogP contribution in [-0.2, 0) is 0 Å². The van der Waals surface area contributed by atoms with E-state index < -0.39 is 0 Å². The zero-order valence-electron chi connectivity index (χ0n) is 6.18. The number of aryl methyl sites for hydroxylation is 1. The molecule has 0 saturated heterocycles. The minimum atomic E-state index is 0.778. The fourth-order valence-electron chi connectivity index (χ4n) is 0.872. The minimum Gasteiger partial charge on any atom is -0.291 e. The Morgan fingerprint density at radius 1 is 1.30 bits per heavy atom. The van der Waals surface area contributed by atoms with Crippen LogP contribution in [0.25, 0.3) is 0 Å². The van der Waals surface area contributed by atoms with E-state index in [-0.39, 0.29) is 0 Å². The Morgan fingerprint density at radius 3 is 2.50 bits per heavy atom. The molecule has 0 unspecified atom stereocenters. The molecule has 0 radical (unpaired) electrons. The van der Waals surface area contributed by atoms with Gasteiger partial charge in [-0.3, -0.25) is 10.7 Å². The first-order valence-electron chi connectivity index (χ1n) is 3.22. The first-order valence-corrected chi connectivity index (χ1v) is 3.22. The highest BCUT2D eigenvalue weighted by molar-refractivity contribution is 5.51. The van der Waals surface area contributed by atoms with E-state index in [0.717, 1.165) is 11.3 Å². The van der Waals surface area contributed by atoms with Gasteiger partial charge in [-0.25, -0.2) is 0 Å². The average molecular weight is 137 g/mol. The highest BCUT2D eigenvalue weighted by Gasteiger charge is 1.96. The summed E-state index contributed by atoms with van der Waals surface area (Å²) in [5, 5.41) is 8.59. The summed E-state index contributed by atoms with van der Waals surface area (Å²) in [6, 6.07) is 5.75. The van der Waals surface area contributed by atoms with E-state index in [1.807, 2.05) is 32.0 Å². The van der Waals surface area contributed by atoms with Gasteiger partial charge in [-0.2, -0.15) is 0 Å². The van der Waals surface area contributed by atoms with E-state index in [1.54, 1.807) is 0 Å². The number of hydrogen-bond donors (Lipinski definition) is 2. The number of anilines is 1. The smallest absolute Gasteiger partial charge is 0.0633 e. The van der Waals surface area contributed by atoms with Crippen LogP contribution in [0.15, 0.2) is 18.2 Å². The van der Waals surface area contributed by atoms with Crippen LogP contribution in [0, 0.1) is 13.8 Å². The van der Waals surface area contributed by atoms with E-state index in [0.29, 0.717) is 0 Å². The third kappa shape index (κ3) is 1.11. The van der Waals surface area contributed by atoms with Gasteiger partial charge < -0.3 is 0 Å².